The van der Waals surface area contributed by atoms with E-state index in [-0.39, 0.29) is 22.6 Å². The van der Waals surface area contributed by atoms with Crippen molar-refractivity contribution in [2.45, 2.75) is 78.6 Å². The lowest BCUT2D eigenvalue weighted by Crippen LogP contribution is -2.06. The lowest BCUT2D eigenvalue weighted by Gasteiger charge is -2.14. The minimum absolute atomic E-state index is 0.0393. The Morgan fingerprint density at radius 2 is 1.72 bits per heavy atom. The fraction of sp³-hybridized carbons (Fsp3) is 0.480. The zero-order chi connectivity index (χ0) is 21.8. The highest BCUT2D eigenvalue weighted by molar-refractivity contribution is 5.93. The molecule has 0 aliphatic rings. The number of phenolic OH excluding ortho intramolecular Hbond substituents is 1. The topological polar surface area (TPSA) is 77.8 Å². The van der Waals surface area contributed by atoms with Gasteiger partial charge in [0.2, 0.25) is 0 Å². The van der Waals surface area contributed by atoms with E-state index in [0.29, 0.717) is 18.4 Å². The zero-order valence-electron chi connectivity index (χ0n) is 18.1. The van der Waals surface area contributed by atoms with Gasteiger partial charge in [0.25, 0.3) is 0 Å². The van der Waals surface area contributed by atoms with E-state index in [1.807, 2.05) is 19.1 Å². The van der Waals surface area contributed by atoms with Crippen molar-refractivity contribution in [2.24, 2.45) is 0 Å². The van der Waals surface area contributed by atoms with E-state index < -0.39 is 5.97 Å². The summed E-state index contributed by atoms with van der Waals surface area (Å²) in [5.41, 5.74) is 3.10. The van der Waals surface area contributed by atoms with E-state index >= 15 is 0 Å². The van der Waals surface area contributed by atoms with E-state index in [1.54, 1.807) is 0 Å². The molecule has 160 valence electrons. The Hall–Kier alpha value is -2.49. The number of hydrogen-bond donors (Lipinski definition) is 3. The lowest BCUT2D eigenvalue weighted by atomic mass is 9.94. The molecule has 0 aromatic heterocycles. The number of hydrogen-bond acceptors (Lipinski definition) is 3. The lowest BCUT2D eigenvalue weighted by molar-refractivity contribution is 0.0692. The molecule has 0 aliphatic carbocycles. The molecule has 1 rings (SSSR count). The van der Waals surface area contributed by atoms with Crippen LogP contribution in [0.4, 0.5) is 0 Å². The van der Waals surface area contributed by atoms with Crippen LogP contribution in [0.1, 0.15) is 87.2 Å². The van der Waals surface area contributed by atoms with Crippen LogP contribution in [0.2, 0.25) is 0 Å². The SMILES string of the molecule is C=CCCCCCCc1cc(O)c(C/C=C(\C)CCC=C(C)C)c(O)c1C(=O)O. The third-order valence-electron chi connectivity index (χ3n) is 5.03. The Balaban J connectivity index is 2.90. The Bertz CT molecular complexity index is 753. The van der Waals surface area contributed by atoms with Crippen molar-refractivity contribution < 1.29 is 20.1 Å². The summed E-state index contributed by atoms with van der Waals surface area (Å²) in [6.07, 6.45) is 13.6. The minimum atomic E-state index is -1.16. The molecule has 1 aromatic rings. The molecule has 0 heterocycles. The third kappa shape index (κ3) is 8.59. The maximum atomic E-state index is 11.7. The molecule has 0 aliphatic heterocycles. The highest BCUT2D eigenvalue weighted by Crippen LogP contribution is 2.35. The quantitative estimate of drug-likeness (QED) is 0.254. The number of rotatable bonds is 13. The molecule has 0 unspecified atom stereocenters. The first-order chi connectivity index (χ1) is 13.8. The van der Waals surface area contributed by atoms with Gasteiger partial charge in [-0.15, -0.1) is 6.58 Å². The molecule has 0 atom stereocenters. The third-order valence-corrected chi connectivity index (χ3v) is 5.03. The van der Waals surface area contributed by atoms with Crippen LogP contribution in [0.3, 0.4) is 0 Å². The molecule has 0 saturated carbocycles. The van der Waals surface area contributed by atoms with Gasteiger partial charge in [0.05, 0.1) is 0 Å². The Morgan fingerprint density at radius 3 is 2.34 bits per heavy atom. The van der Waals surface area contributed by atoms with Crippen LogP contribution in [0.25, 0.3) is 0 Å². The molecule has 0 spiro atoms. The average Bonchev–Trinajstić information content (AvgIpc) is 2.63. The first-order valence-electron chi connectivity index (χ1n) is 10.5. The van der Waals surface area contributed by atoms with Gasteiger partial charge < -0.3 is 15.3 Å². The number of carboxylic acid groups (broad SMARTS) is 1. The van der Waals surface area contributed by atoms with Gasteiger partial charge in [-0.25, -0.2) is 4.79 Å². The van der Waals surface area contributed by atoms with E-state index in [2.05, 4.69) is 26.5 Å². The highest BCUT2D eigenvalue weighted by Gasteiger charge is 2.21. The fourth-order valence-corrected chi connectivity index (χ4v) is 3.31. The van der Waals surface area contributed by atoms with Gasteiger partial charge in [0.1, 0.15) is 17.1 Å². The second-order valence-corrected chi connectivity index (χ2v) is 7.88. The highest BCUT2D eigenvalue weighted by atomic mass is 16.4. The number of aryl methyl sites for hydroxylation is 1. The summed E-state index contributed by atoms with van der Waals surface area (Å²) >= 11 is 0. The summed E-state index contributed by atoms with van der Waals surface area (Å²) in [6, 6.07) is 1.51. The van der Waals surface area contributed by atoms with Gasteiger partial charge in [0.15, 0.2) is 0 Å². The smallest absolute Gasteiger partial charge is 0.339 e. The van der Waals surface area contributed by atoms with Crippen LogP contribution in [0, 0.1) is 0 Å². The van der Waals surface area contributed by atoms with Gasteiger partial charge in [-0.05, 0) is 77.3 Å². The van der Waals surface area contributed by atoms with Gasteiger partial charge in [0, 0.05) is 5.56 Å². The number of aromatic carboxylic acids is 1. The van der Waals surface area contributed by atoms with E-state index in [1.165, 1.54) is 11.6 Å². The summed E-state index contributed by atoms with van der Waals surface area (Å²) in [6.45, 7) is 9.83. The Morgan fingerprint density at radius 1 is 1.03 bits per heavy atom. The van der Waals surface area contributed by atoms with Crippen LogP contribution in [0.15, 0.2) is 42.0 Å². The summed E-state index contributed by atoms with van der Waals surface area (Å²) in [5, 5.41) is 30.6. The molecule has 0 fully saturated rings. The number of carboxylic acids is 1. The molecule has 29 heavy (non-hydrogen) atoms. The molecular formula is C25H36O4. The Kier molecular flexibility index (Phi) is 10.9. The fourth-order valence-electron chi connectivity index (χ4n) is 3.31. The second-order valence-electron chi connectivity index (χ2n) is 7.88. The number of allylic oxidation sites excluding steroid dienone is 5. The number of aromatic hydroxyl groups is 2. The van der Waals surface area contributed by atoms with Gasteiger partial charge in [-0.1, -0.05) is 42.2 Å². The molecular weight excluding hydrogens is 364 g/mol. The molecule has 0 radical (unpaired) electrons. The summed E-state index contributed by atoms with van der Waals surface area (Å²) in [5.74, 6) is -1.51. The van der Waals surface area contributed by atoms with Crippen LogP contribution >= 0.6 is 0 Å². The standard InChI is InChI=1S/C25H36O4/c1-5-6-7-8-9-10-14-20-17-22(26)21(24(27)23(20)25(28)29)16-15-19(4)13-11-12-18(2)3/h5,12,15,17,26-27H,1,6-11,13-14,16H2,2-4H3,(H,28,29)/b19-15+. The monoisotopic (exact) mass is 400 g/mol. The average molecular weight is 401 g/mol. The number of unbranched alkanes of at least 4 members (excludes halogenated alkanes) is 4. The predicted octanol–water partition coefficient (Wildman–Crippen LogP) is 6.71. The molecule has 4 nitrogen and oxygen atoms in total. The molecule has 0 amide bonds. The number of carbonyl (C=O) groups is 1. The van der Waals surface area contributed by atoms with Crippen molar-refractivity contribution in [3.63, 3.8) is 0 Å². The van der Waals surface area contributed by atoms with Crippen molar-refractivity contribution in [3.8, 4) is 11.5 Å². The van der Waals surface area contributed by atoms with Crippen LogP contribution in [0.5, 0.6) is 11.5 Å². The number of phenols is 2. The first kappa shape index (κ1) is 24.5. The molecule has 3 N–H and O–H groups in total. The maximum absolute atomic E-state index is 11.7. The van der Waals surface area contributed by atoms with Crippen molar-refractivity contribution in [3.05, 3.63) is 58.7 Å². The largest absolute Gasteiger partial charge is 0.508 e. The minimum Gasteiger partial charge on any atom is -0.508 e. The maximum Gasteiger partial charge on any atom is 0.339 e. The van der Waals surface area contributed by atoms with Gasteiger partial charge in [-0.2, -0.15) is 0 Å². The van der Waals surface area contributed by atoms with Crippen LogP contribution in [-0.4, -0.2) is 21.3 Å². The molecule has 1 aromatic carbocycles. The number of benzene rings is 1. The first-order valence-corrected chi connectivity index (χ1v) is 10.5. The molecule has 0 saturated heterocycles. The van der Waals surface area contributed by atoms with E-state index in [0.717, 1.165) is 50.5 Å². The van der Waals surface area contributed by atoms with Crippen LogP contribution < -0.4 is 0 Å². The summed E-state index contributed by atoms with van der Waals surface area (Å²) in [7, 11) is 0. The van der Waals surface area contributed by atoms with Crippen LogP contribution in [-0.2, 0) is 12.8 Å². The van der Waals surface area contributed by atoms with Crippen molar-refractivity contribution >= 4 is 5.97 Å². The van der Waals surface area contributed by atoms with Crippen molar-refractivity contribution in [1.29, 1.82) is 0 Å². The van der Waals surface area contributed by atoms with Crippen molar-refractivity contribution in [2.75, 3.05) is 0 Å². The van der Waals surface area contributed by atoms with Gasteiger partial charge in [-0.3, -0.25) is 0 Å². The summed E-state index contributed by atoms with van der Waals surface area (Å²) < 4.78 is 0. The molecule has 0 bridgehead atoms. The van der Waals surface area contributed by atoms with Gasteiger partial charge >= 0.3 is 5.97 Å². The second kappa shape index (κ2) is 12.9. The summed E-state index contributed by atoms with van der Waals surface area (Å²) in [4.78, 5) is 11.7. The van der Waals surface area contributed by atoms with E-state index in [9.17, 15) is 20.1 Å². The zero-order valence-corrected chi connectivity index (χ0v) is 18.1. The predicted molar refractivity (Wildman–Crippen MR) is 120 cm³/mol. The Labute approximate surface area is 175 Å². The van der Waals surface area contributed by atoms with Crippen molar-refractivity contribution in [1.82, 2.24) is 0 Å². The molecule has 4 heteroatoms. The van der Waals surface area contributed by atoms with E-state index in [4.69, 9.17) is 0 Å². The normalized spacial score (nSPS) is 11.3.